The Labute approximate surface area is 34.9 Å². The van der Waals surface area contributed by atoms with E-state index in [2.05, 4.69) is 27.2 Å². The Bertz CT molecular complexity index is 53.0. The van der Waals surface area contributed by atoms with Crippen LogP contribution in [0.3, 0.4) is 0 Å². The van der Waals surface area contributed by atoms with Crippen molar-refractivity contribution in [3.05, 3.63) is 0 Å². The number of hydrogen-bond acceptors (Lipinski definition) is 0. The van der Waals surface area contributed by atoms with E-state index in [1.54, 1.807) is 0 Å². The quantitative estimate of drug-likeness (QED) is 0.302. The molecule has 0 aliphatic rings. The van der Waals surface area contributed by atoms with Crippen molar-refractivity contribution < 1.29 is 0 Å². The molecule has 0 aliphatic heterocycles. The number of rotatable bonds is 0. The molecule has 0 amide bonds. The van der Waals surface area contributed by atoms with Crippen molar-refractivity contribution >= 4 is 13.9 Å². The van der Waals surface area contributed by atoms with Gasteiger partial charge in [-0.1, -0.05) is 0 Å². The molecule has 0 saturated carbocycles. The molecule has 0 unspecified atom stereocenters. The molecule has 0 saturated heterocycles. The van der Waals surface area contributed by atoms with Gasteiger partial charge < -0.3 is 0 Å². The molecule has 2 heteroatoms. The molecule has 0 atom stereocenters. The predicted molar refractivity (Wildman–Crippen MR) is 31.8 cm³/mol. The van der Waals surface area contributed by atoms with Crippen molar-refractivity contribution in [1.82, 2.24) is 0 Å². The van der Waals surface area contributed by atoms with Gasteiger partial charge in [0.15, 0.2) is 0 Å². The molecule has 0 fully saturated rings. The Morgan fingerprint density at radius 1 is 1.20 bits per heavy atom. The van der Waals surface area contributed by atoms with Crippen molar-refractivity contribution in [3.8, 4) is 0 Å². The van der Waals surface area contributed by atoms with E-state index in [9.17, 15) is 0 Å². The minimum absolute atomic E-state index is 0.639. The predicted octanol–water partition coefficient (Wildman–Crippen LogP) is 0.709. The van der Waals surface area contributed by atoms with Crippen LogP contribution in [-0.2, 0) is 0 Å². The first-order valence-electron chi connectivity index (χ1n) is 1.66. The van der Waals surface area contributed by atoms with Crippen molar-refractivity contribution in [3.63, 3.8) is 0 Å². The molecule has 0 aromatic heterocycles. The molecular formula is C3H10BP. The van der Waals surface area contributed by atoms with E-state index in [-0.39, 0.29) is 0 Å². The van der Waals surface area contributed by atoms with E-state index < -0.39 is 6.75 Å². The van der Waals surface area contributed by atoms with Gasteiger partial charge in [-0.2, -0.15) is 0 Å². The summed E-state index contributed by atoms with van der Waals surface area (Å²) in [6.07, 6.45) is 0. The van der Waals surface area contributed by atoms with Gasteiger partial charge in [-0.15, -0.1) is 0 Å². The fourth-order valence-corrected chi connectivity index (χ4v) is 0. The average molecular weight is 87.9 g/mol. The summed E-state index contributed by atoms with van der Waals surface area (Å²) in [6.45, 7) is 5.92. The molecule has 0 heterocycles. The first-order valence-corrected chi connectivity index (χ1v) is 4.97. The van der Waals surface area contributed by atoms with Crippen LogP contribution in [0.5, 0.6) is 0 Å². The van der Waals surface area contributed by atoms with Crippen LogP contribution in [0.25, 0.3) is 0 Å². The SMILES string of the molecule is B=P(C)(C)C. The summed E-state index contributed by atoms with van der Waals surface area (Å²) in [5, 5.41) is 0. The van der Waals surface area contributed by atoms with Crippen LogP contribution in [0.4, 0.5) is 0 Å². The summed E-state index contributed by atoms with van der Waals surface area (Å²) >= 11 is 0. The number of hydrogen-bond donors (Lipinski definition) is 0. The van der Waals surface area contributed by atoms with Gasteiger partial charge in [0.1, 0.15) is 0 Å². The summed E-state index contributed by atoms with van der Waals surface area (Å²) in [6, 6.07) is 0. The van der Waals surface area contributed by atoms with Crippen LogP contribution in [0.2, 0.25) is 0 Å². The monoisotopic (exact) mass is 88.1 g/mol. The average Bonchev–Trinajstić information content (AvgIpc) is 0.722. The van der Waals surface area contributed by atoms with E-state index in [1.165, 1.54) is 0 Å². The fraction of sp³-hybridized carbons (Fsp3) is 1.00. The third-order valence-corrected chi connectivity index (χ3v) is 0. The van der Waals surface area contributed by atoms with E-state index >= 15 is 0 Å². The second-order valence-electron chi connectivity index (χ2n) is 2.29. The summed E-state index contributed by atoms with van der Waals surface area (Å²) in [7, 11) is 3.88. The summed E-state index contributed by atoms with van der Waals surface area (Å²) in [5.41, 5.74) is 0. The third-order valence-electron chi connectivity index (χ3n) is 0. The minimum atomic E-state index is -0.639. The van der Waals surface area contributed by atoms with Gasteiger partial charge in [0, 0.05) is 0 Å². The topological polar surface area (TPSA) is 0 Å². The Morgan fingerprint density at radius 3 is 1.20 bits per heavy atom. The van der Waals surface area contributed by atoms with Crippen LogP contribution in [-0.4, -0.2) is 27.2 Å². The molecule has 0 rings (SSSR count). The van der Waals surface area contributed by atoms with E-state index in [4.69, 9.17) is 0 Å². The van der Waals surface area contributed by atoms with E-state index in [0.717, 1.165) is 0 Å². The Kier molecular flexibility index (Phi) is 1.43. The fourth-order valence-electron chi connectivity index (χ4n) is 0. The van der Waals surface area contributed by atoms with Crippen molar-refractivity contribution in [1.29, 1.82) is 0 Å². The molecule has 0 aromatic carbocycles. The molecule has 0 nitrogen and oxygen atoms in total. The van der Waals surface area contributed by atoms with Gasteiger partial charge in [-0.3, -0.25) is 0 Å². The van der Waals surface area contributed by atoms with Crippen LogP contribution in [0, 0.1) is 0 Å². The zero-order chi connectivity index (χ0) is 4.50. The molecular weight excluding hydrogens is 77.8 g/mol. The maximum atomic E-state index is 3.88. The molecule has 0 aromatic rings. The molecule has 0 N–H and O–H groups in total. The van der Waals surface area contributed by atoms with Gasteiger partial charge in [0.25, 0.3) is 0 Å². The van der Waals surface area contributed by atoms with Gasteiger partial charge in [-0.05, 0) is 0 Å². The first-order chi connectivity index (χ1) is 2.00. The summed E-state index contributed by atoms with van der Waals surface area (Å²) in [4.78, 5) is 0. The van der Waals surface area contributed by atoms with Crippen LogP contribution < -0.4 is 0 Å². The maximum absolute atomic E-state index is 3.88. The van der Waals surface area contributed by atoms with Crippen molar-refractivity contribution in [2.45, 2.75) is 0 Å². The van der Waals surface area contributed by atoms with E-state index in [0.29, 0.717) is 0 Å². The Hall–Kier alpha value is 0.495. The Balaban J connectivity index is 3.47. The summed E-state index contributed by atoms with van der Waals surface area (Å²) in [5.74, 6) is 0. The van der Waals surface area contributed by atoms with Gasteiger partial charge >= 0.3 is 33.9 Å². The second kappa shape index (κ2) is 1.30. The molecule has 5 heavy (non-hydrogen) atoms. The van der Waals surface area contributed by atoms with Crippen LogP contribution in [0.1, 0.15) is 0 Å². The standard InChI is InChI=1S/C3H10BP/c1-5(2,3)4/h4H,1-3H3. The molecule has 0 aliphatic carbocycles. The zero-order valence-corrected chi connectivity index (χ0v) is 5.05. The van der Waals surface area contributed by atoms with E-state index in [1.807, 2.05) is 0 Å². The zero-order valence-electron chi connectivity index (χ0n) is 4.15. The van der Waals surface area contributed by atoms with Crippen LogP contribution in [0.15, 0.2) is 0 Å². The molecule has 0 spiro atoms. The van der Waals surface area contributed by atoms with Gasteiger partial charge in [0.2, 0.25) is 0 Å². The van der Waals surface area contributed by atoms with Crippen LogP contribution >= 0.6 is 6.75 Å². The van der Waals surface area contributed by atoms with Crippen molar-refractivity contribution in [2.75, 3.05) is 20.0 Å². The molecule has 30 valence electrons. The molecule has 0 bridgehead atoms. The normalized spacial score (nSPS) is 11.6. The first kappa shape index (κ1) is 5.49. The van der Waals surface area contributed by atoms with Gasteiger partial charge in [-0.25, -0.2) is 0 Å². The van der Waals surface area contributed by atoms with Crippen molar-refractivity contribution in [2.24, 2.45) is 0 Å². The molecule has 0 radical (unpaired) electrons. The Morgan fingerprint density at radius 2 is 1.20 bits per heavy atom. The second-order valence-corrected chi connectivity index (χ2v) is 6.87. The van der Waals surface area contributed by atoms with Gasteiger partial charge in [0.05, 0.1) is 0 Å². The third kappa shape index (κ3) is 114. The summed E-state index contributed by atoms with van der Waals surface area (Å²) < 4.78 is 0.